The number of aromatic hydroxyl groups is 1. The average Bonchev–Trinajstić information content (AvgIpc) is 3.42. The zero-order valence-corrected chi connectivity index (χ0v) is 20.8. The van der Waals surface area contributed by atoms with Crippen LogP contribution in [0.2, 0.25) is 0 Å². The maximum Gasteiger partial charge on any atom is 0.210 e. The number of benzene rings is 2. The minimum absolute atomic E-state index is 0.0168. The molecular formula is C26H32O12. The Bertz CT molecular complexity index is 1140. The second kappa shape index (κ2) is 10.5. The van der Waals surface area contributed by atoms with Crippen molar-refractivity contribution in [1.82, 2.24) is 0 Å². The molecule has 5 rings (SSSR count). The van der Waals surface area contributed by atoms with Gasteiger partial charge in [-0.1, -0.05) is 12.1 Å². The van der Waals surface area contributed by atoms with E-state index < -0.39 is 61.0 Å². The van der Waals surface area contributed by atoms with Gasteiger partial charge in [-0.05, 0) is 35.4 Å². The molecule has 0 aromatic heterocycles. The van der Waals surface area contributed by atoms with Crippen LogP contribution in [0.4, 0.5) is 0 Å². The number of phenols is 1. The van der Waals surface area contributed by atoms with Gasteiger partial charge in [-0.3, -0.25) is 0 Å². The summed E-state index contributed by atoms with van der Waals surface area (Å²) in [5, 5.41) is 61.1. The van der Waals surface area contributed by atoms with Gasteiger partial charge >= 0.3 is 0 Å². The summed E-state index contributed by atoms with van der Waals surface area (Å²) in [5.41, 5.74) is 0.0176. The molecule has 38 heavy (non-hydrogen) atoms. The molecule has 6 N–H and O–H groups in total. The van der Waals surface area contributed by atoms with Crippen molar-refractivity contribution in [3.63, 3.8) is 0 Å². The minimum Gasteiger partial charge on any atom is -0.504 e. The monoisotopic (exact) mass is 536 g/mol. The lowest BCUT2D eigenvalue weighted by molar-refractivity contribution is -0.312. The molecule has 0 bridgehead atoms. The zero-order chi connectivity index (χ0) is 27.2. The highest BCUT2D eigenvalue weighted by atomic mass is 16.7. The summed E-state index contributed by atoms with van der Waals surface area (Å²) in [4.78, 5) is 0. The Balaban J connectivity index is 1.36. The van der Waals surface area contributed by atoms with E-state index in [4.69, 9.17) is 28.4 Å². The summed E-state index contributed by atoms with van der Waals surface area (Å²) in [5.74, 6) is -0.671. The Morgan fingerprint density at radius 1 is 0.921 bits per heavy atom. The van der Waals surface area contributed by atoms with Crippen molar-refractivity contribution in [1.29, 1.82) is 0 Å². The molecule has 2 aromatic rings. The van der Waals surface area contributed by atoms with Crippen LogP contribution in [0.15, 0.2) is 36.4 Å². The van der Waals surface area contributed by atoms with Crippen LogP contribution in [-0.4, -0.2) is 95.1 Å². The van der Waals surface area contributed by atoms with E-state index in [-0.39, 0.29) is 36.2 Å². The predicted molar refractivity (Wildman–Crippen MR) is 128 cm³/mol. The van der Waals surface area contributed by atoms with Gasteiger partial charge in [0.2, 0.25) is 6.29 Å². The van der Waals surface area contributed by atoms with Gasteiger partial charge < -0.3 is 59.1 Å². The number of aliphatic hydroxyl groups is 5. The highest BCUT2D eigenvalue weighted by Crippen LogP contribution is 2.54. The van der Waals surface area contributed by atoms with E-state index in [1.807, 2.05) is 0 Å². The first-order chi connectivity index (χ1) is 18.2. The molecule has 2 aromatic carbocycles. The van der Waals surface area contributed by atoms with Crippen LogP contribution in [0.25, 0.3) is 0 Å². The van der Waals surface area contributed by atoms with Crippen molar-refractivity contribution >= 4 is 0 Å². The summed E-state index contributed by atoms with van der Waals surface area (Å²) in [7, 11) is 2.88. The van der Waals surface area contributed by atoms with Crippen LogP contribution in [0.1, 0.15) is 23.3 Å². The molecule has 3 aliphatic heterocycles. The van der Waals surface area contributed by atoms with Gasteiger partial charge in [-0.25, -0.2) is 0 Å². The second-order valence-corrected chi connectivity index (χ2v) is 9.72. The van der Waals surface area contributed by atoms with E-state index in [9.17, 15) is 30.6 Å². The lowest BCUT2D eigenvalue weighted by Gasteiger charge is -2.39. The Morgan fingerprint density at radius 3 is 2.34 bits per heavy atom. The van der Waals surface area contributed by atoms with Gasteiger partial charge in [0.1, 0.15) is 17.8 Å². The highest BCUT2D eigenvalue weighted by molar-refractivity contribution is 5.46. The van der Waals surface area contributed by atoms with Gasteiger partial charge in [0.25, 0.3) is 0 Å². The van der Waals surface area contributed by atoms with E-state index in [1.54, 1.807) is 30.3 Å². The number of fused-ring (bicyclic) bond motifs is 1. The van der Waals surface area contributed by atoms with Gasteiger partial charge in [-0.2, -0.15) is 0 Å². The zero-order valence-electron chi connectivity index (χ0n) is 20.8. The summed E-state index contributed by atoms with van der Waals surface area (Å²) in [6, 6.07) is 9.79. The number of hydrogen-bond donors (Lipinski definition) is 6. The number of phenolic OH excluding ortho intramolecular Hbond substituents is 1. The Hall–Kier alpha value is -2.68. The Labute approximate surface area is 218 Å². The van der Waals surface area contributed by atoms with Crippen LogP contribution < -0.4 is 14.2 Å². The summed E-state index contributed by atoms with van der Waals surface area (Å²) < 4.78 is 33.8. The first-order valence-corrected chi connectivity index (χ1v) is 12.2. The van der Waals surface area contributed by atoms with E-state index >= 15 is 0 Å². The fraction of sp³-hybridized carbons (Fsp3) is 0.538. The molecule has 0 spiro atoms. The molecule has 9 atom stereocenters. The fourth-order valence-corrected chi connectivity index (χ4v) is 5.42. The van der Waals surface area contributed by atoms with Crippen LogP contribution in [0, 0.1) is 11.8 Å². The van der Waals surface area contributed by atoms with Crippen molar-refractivity contribution < 1.29 is 59.1 Å². The van der Waals surface area contributed by atoms with Gasteiger partial charge in [0.05, 0.1) is 52.2 Å². The quantitative estimate of drug-likeness (QED) is 0.279. The second-order valence-electron chi connectivity index (χ2n) is 9.72. The Kier molecular flexibility index (Phi) is 7.42. The van der Waals surface area contributed by atoms with Crippen LogP contribution in [-0.2, 0) is 14.2 Å². The van der Waals surface area contributed by atoms with Crippen molar-refractivity contribution in [2.45, 2.75) is 42.6 Å². The first-order valence-electron chi connectivity index (χ1n) is 12.2. The number of hydrogen-bond acceptors (Lipinski definition) is 12. The Morgan fingerprint density at radius 2 is 1.63 bits per heavy atom. The first kappa shape index (κ1) is 26.9. The van der Waals surface area contributed by atoms with E-state index in [2.05, 4.69) is 0 Å². The molecule has 208 valence electrons. The number of aliphatic hydroxyl groups excluding tert-OH is 4. The van der Waals surface area contributed by atoms with Crippen molar-refractivity contribution in [2.75, 3.05) is 34.0 Å². The van der Waals surface area contributed by atoms with Gasteiger partial charge in [-0.15, -0.1) is 0 Å². The normalized spacial score (nSPS) is 36.6. The third kappa shape index (κ3) is 4.46. The molecule has 0 saturated carbocycles. The molecule has 12 heteroatoms. The van der Waals surface area contributed by atoms with Gasteiger partial charge in [0.15, 0.2) is 29.3 Å². The third-order valence-corrected chi connectivity index (χ3v) is 7.58. The smallest absolute Gasteiger partial charge is 0.210 e. The highest BCUT2D eigenvalue weighted by Gasteiger charge is 2.59. The molecule has 0 aliphatic carbocycles. The molecule has 3 heterocycles. The van der Waals surface area contributed by atoms with Crippen LogP contribution in [0.3, 0.4) is 0 Å². The fourth-order valence-electron chi connectivity index (χ4n) is 5.42. The standard InChI is InChI=1S/C26H32O12/c1-33-18-8-13(3-5-16(18)28)23-26(32)11-36-22(15(26)10-35-23)12-4-6-17(19(7-12)34-2)37-25-14(9-27)20(29)21(30)24(31)38-25/h3-8,14-15,20-25,27-32H,9-11H2,1-2H3. The molecule has 3 aliphatic rings. The maximum atomic E-state index is 11.6. The molecule has 0 radical (unpaired) electrons. The number of rotatable bonds is 7. The van der Waals surface area contributed by atoms with Crippen molar-refractivity contribution in [3.8, 4) is 23.0 Å². The number of methoxy groups -OCH3 is 2. The molecule has 0 amide bonds. The van der Waals surface area contributed by atoms with E-state index in [0.717, 1.165) is 0 Å². The van der Waals surface area contributed by atoms with Gasteiger partial charge in [0, 0.05) is 5.92 Å². The average molecular weight is 537 g/mol. The molecular weight excluding hydrogens is 504 g/mol. The van der Waals surface area contributed by atoms with Crippen molar-refractivity contribution in [3.05, 3.63) is 47.5 Å². The van der Waals surface area contributed by atoms with E-state index in [0.29, 0.717) is 11.1 Å². The molecule has 3 saturated heterocycles. The predicted octanol–water partition coefficient (Wildman–Crippen LogP) is -0.0167. The summed E-state index contributed by atoms with van der Waals surface area (Å²) in [6.45, 7) is -0.314. The lowest BCUT2D eigenvalue weighted by atomic mass is 9.81. The topological polar surface area (TPSA) is 177 Å². The summed E-state index contributed by atoms with van der Waals surface area (Å²) in [6.07, 6.45) is -7.23. The maximum absolute atomic E-state index is 11.6. The third-order valence-electron chi connectivity index (χ3n) is 7.58. The largest absolute Gasteiger partial charge is 0.504 e. The van der Waals surface area contributed by atoms with Crippen LogP contribution >= 0.6 is 0 Å². The number of ether oxygens (including phenoxy) is 6. The lowest BCUT2D eigenvalue weighted by Crippen LogP contribution is -2.57. The minimum atomic E-state index is -1.70. The molecule has 3 fully saturated rings. The SMILES string of the molecule is COc1cc(C2OCC3C(c4ccc(OC5OC(O)C(O)C(O)C5CO)c(OC)c4)OCC23O)ccc1O. The molecule has 9 unspecified atom stereocenters. The summed E-state index contributed by atoms with van der Waals surface area (Å²) >= 11 is 0. The molecule has 12 nitrogen and oxygen atoms in total. The van der Waals surface area contributed by atoms with Crippen LogP contribution in [0.5, 0.6) is 23.0 Å². The van der Waals surface area contributed by atoms with E-state index in [1.165, 1.54) is 20.3 Å². The van der Waals surface area contributed by atoms with Crippen molar-refractivity contribution in [2.24, 2.45) is 11.8 Å².